The number of halogens is 3. The maximum Gasteiger partial charge on any atom is 0.401 e. The molecule has 0 fully saturated rings. The van der Waals surface area contributed by atoms with Crippen molar-refractivity contribution in [3.05, 3.63) is 12.2 Å². The Bertz CT molecular complexity index is 212. The minimum Gasteiger partial charge on any atom is -0.313 e. The predicted molar refractivity (Wildman–Crippen MR) is 60.4 cm³/mol. The van der Waals surface area contributed by atoms with E-state index in [1.165, 1.54) is 4.90 Å². The van der Waals surface area contributed by atoms with Gasteiger partial charge in [0.05, 0.1) is 6.54 Å². The summed E-state index contributed by atoms with van der Waals surface area (Å²) in [6, 6.07) is -0.139. The van der Waals surface area contributed by atoms with E-state index in [-0.39, 0.29) is 12.6 Å². The molecular weight excluding hydrogens is 217 g/mol. The quantitative estimate of drug-likeness (QED) is 0.685. The van der Waals surface area contributed by atoms with Crippen molar-refractivity contribution in [2.45, 2.75) is 33.0 Å². The molecule has 0 aromatic heterocycles. The van der Waals surface area contributed by atoms with Gasteiger partial charge in [-0.15, -0.1) is 0 Å². The van der Waals surface area contributed by atoms with Gasteiger partial charge >= 0.3 is 6.18 Å². The van der Waals surface area contributed by atoms with Crippen molar-refractivity contribution in [1.82, 2.24) is 10.2 Å². The SMILES string of the molecule is C=C(CNCC)CN(CC(F)(F)F)C(C)C. The number of rotatable bonds is 7. The molecule has 0 aromatic rings. The van der Waals surface area contributed by atoms with Crippen LogP contribution in [0.3, 0.4) is 0 Å². The molecule has 0 radical (unpaired) electrons. The third kappa shape index (κ3) is 7.70. The molecule has 16 heavy (non-hydrogen) atoms. The van der Waals surface area contributed by atoms with Crippen LogP contribution in [0.15, 0.2) is 12.2 Å². The highest BCUT2D eigenvalue weighted by atomic mass is 19.4. The number of nitrogens with zero attached hydrogens (tertiary/aromatic N) is 1. The minimum absolute atomic E-state index is 0.139. The highest BCUT2D eigenvalue weighted by Gasteiger charge is 2.31. The van der Waals surface area contributed by atoms with Gasteiger partial charge < -0.3 is 5.32 Å². The molecule has 1 N–H and O–H groups in total. The molecule has 0 aliphatic rings. The Morgan fingerprint density at radius 2 is 1.94 bits per heavy atom. The lowest BCUT2D eigenvalue weighted by atomic mass is 10.2. The van der Waals surface area contributed by atoms with Gasteiger partial charge in [0.15, 0.2) is 0 Å². The number of hydrogen-bond acceptors (Lipinski definition) is 2. The number of nitrogens with one attached hydrogen (secondary N) is 1. The summed E-state index contributed by atoms with van der Waals surface area (Å²) in [6.07, 6.45) is -4.15. The molecule has 0 aliphatic carbocycles. The second-order valence-corrected chi connectivity index (χ2v) is 4.14. The average Bonchev–Trinajstić information content (AvgIpc) is 2.11. The second-order valence-electron chi connectivity index (χ2n) is 4.14. The van der Waals surface area contributed by atoms with Gasteiger partial charge in [0.1, 0.15) is 0 Å². The molecule has 0 saturated carbocycles. The first-order valence-electron chi connectivity index (χ1n) is 5.44. The molecule has 0 amide bonds. The Kier molecular flexibility index (Phi) is 6.67. The largest absolute Gasteiger partial charge is 0.401 e. The van der Waals surface area contributed by atoms with E-state index in [0.29, 0.717) is 6.54 Å². The average molecular weight is 238 g/mol. The number of hydrogen-bond donors (Lipinski definition) is 1. The fourth-order valence-electron chi connectivity index (χ4n) is 1.30. The van der Waals surface area contributed by atoms with Crippen molar-refractivity contribution in [3.8, 4) is 0 Å². The first-order chi connectivity index (χ1) is 7.26. The summed E-state index contributed by atoms with van der Waals surface area (Å²) in [6.45, 7) is 9.99. The fraction of sp³-hybridized carbons (Fsp3) is 0.818. The Morgan fingerprint density at radius 3 is 2.31 bits per heavy atom. The lowest BCUT2D eigenvalue weighted by Crippen LogP contribution is -2.41. The van der Waals surface area contributed by atoms with Gasteiger partial charge in [0, 0.05) is 19.1 Å². The lowest BCUT2D eigenvalue weighted by molar-refractivity contribution is -0.148. The number of likely N-dealkylation sites (N-methyl/N-ethyl adjacent to an activating group) is 1. The van der Waals surface area contributed by atoms with Crippen molar-refractivity contribution in [2.75, 3.05) is 26.2 Å². The molecule has 0 rings (SSSR count). The van der Waals surface area contributed by atoms with E-state index in [2.05, 4.69) is 11.9 Å². The molecule has 0 unspecified atom stereocenters. The van der Waals surface area contributed by atoms with Gasteiger partial charge in [-0.3, -0.25) is 4.90 Å². The molecular formula is C11H21F3N2. The zero-order chi connectivity index (χ0) is 12.8. The summed E-state index contributed by atoms with van der Waals surface area (Å²) in [4.78, 5) is 1.37. The van der Waals surface area contributed by atoms with Gasteiger partial charge in [-0.05, 0) is 26.0 Å². The second kappa shape index (κ2) is 6.91. The first kappa shape index (κ1) is 15.4. The Hall–Kier alpha value is -0.550. The standard InChI is InChI=1S/C11H21F3N2/c1-5-15-6-10(4)7-16(9(2)3)8-11(12,13)14/h9,15H,4-8H2,1-3H3. The van der Waals surface area contributed by atoms with Crippen LogP contribution in [0.4, 0.5) is 13.2 Å². The minimum atomic E-state index is -4.15. The van der Waals surface area contributed by atoms with Crippen LogP contribution in [0.1, 0.15) is 20.8 Å². The summed E-state index contributed by atoms with van der Waals surface area (Å²) < 4.78 is 36.8. The van der Waals surface area contributed by atoms with E-state index < -0.39 is 12.7 Å². The van der Waals surface area contributed by atoms with Crippen LogP contribution in [0, 0.1) is 0 Å². The molecule has 5 heteroatoms. The smallest absolute Gasteiger partial charge is 0.313 e. The van der Waals surface area contributed by atoms with Crippen LogP contribution >= 0.6 is 0 Å². The first-order valence-corrected chi connectivity index (χ1v) is 5.44. The van der Waals surface area contributed by atoms with Gasteiger partial charge in [-0.25, -0.2) is 0 Å². The summed E-state index contributed by atoms with van der Waals surface area (Å²) in [5.74, 6) is 0. The number of alkyl halides is 3. The normalized spacial score (nSPS) is 12.5. The van der Waals surface area contributed by atoms with E-state index in [0.717, 1.165) is 12.1 Å². The monoisotopic (exact) mass is 238 g/mol. The van der Waals surface area contributed by atoms with Crippen LogP contribution in [0.5, 0.6) is 0 Å². The van der Waals surface area contributed by atoms with Gasteiger partial charge in [-0.1, -0.05) is 13.5 Å². The van der Waals surface area contributed by atoms with Crippen molar-refractivity contribution < 1.29 is 13.2 Å². The Labute approximate surface area is 95.5 Å². The summed E-state index contributed by atoms with van der Waals surface area (Å²) in [7, 11) is 0. The van der Waals surface area contributed by atoms with Crippen molar-refractivity contribution in [1.29, 1.82) is 0 Å². The van der Waals surface area contributed by atoms with E-state index in [1.54, 1.807) is 13.8 Å². The van der Waals surface area contributed by atoms with Crippen LogP contribution in [-0.2, 0) is 0 Å². The molecule has 0 bridgehead atoms. The van der Waals surface area contributed by atoms with Crippen LogP contribution in [0.25, 0.3) is 0 Å². The Morgan fingerprint density at radius 1 is 1.38 bits per heavy atom. The van der Waals surface area contributed by atoms with Crippen molar-refractivity contribution in [3.63, 3.8) is 0 Å². The fourth-order valence-corrected chi connectivity index (χ4v) is 1.30. The topological polar surface area (TPSA) is 15.3 Å². The van der Waals surface area contributed by atoms with E-state index in [4.69, 9.17) is 0 Å². The van der Waals surface area contributed by atoms with E-state index >= 15 is 0 Å². The van der Waals surface area contributed by atoms with Gasteiger partial charge in [0.2, 0.25) is 0 Å². The van der Waals surface area contributed by atoms with Crippen molar-refractivity contribution in [2.24, 2.45) is 0 Å². The zero-order valence-corrected chi connectivity index (χ0v) is 10.2. The third-order valence-corrected chi connectivity index (χ3v) is 2.16. The molecule has 0 heterocycles. The van der Waals surface area contributed by atoms with Crippen LogP contribution in [-0.4, -0.2) is 43.3 Å². The third-order valence-electron chi connectivity index (χ3n) is 2.16. The maximum atomic E-state index is 12.3. The maximum absolute atomic E-state index is 12.3. The Balaban J connectivity index is 4.18. The van der Waals surface area contributed by atoms with E-state index in [9.17, 15) is 13.2 Å². The van der Waals surface area contributed by atoms with Crippen LogP contribution in [0.2, 0.25) is 0 Å². The summed E-state index contributed by atoms with van der Waals surface area (Å²) >= 11 is 0. The van der Waals surface area contributed by atoms with E-state index in [1.807, 2.05) is 6.92 Å². The summed E-state index contributed by atoms with van der Waals surface area (Å²) in [5, 5.41) is 3.05. The van der Waals surface area contributed by atoms with Crippen molar-refractivity contribution >= 4 is 0 Å². The van der Waals surface area contributed by atoms with Gasteiger partial charge in [-0.2, -0.15) is 13.2 Å². The highest BCUT2D eigenvalue weighted by Crippen LogP contribution is 2.18. The molecule has 0 spiro atoms. The van der Waals surface area contributed by atoms with Crippen LogP contribution < -0.4 is 5.32 Å². The lowest BCUT2D eigenvalue weighted by Gasteiger charge is -2.28. The molecule has 96 valence electrons. The zero-order valence-electron chi connectivity index (χ0n) is 10.2. The predicted octanol–water partition coefficient (Wildman–Crippen LogP) is 2.42. The molecule has 0 saturated heterocycles. The molecule has 0 atom stereocenters. The molecule has 0 aliphatic heterocycles. The van der Waals surface area contributed by atoms with Gasteiger partial charge in [0.25, 0.3) is 0 Å². The highest BCUT2D eigenvalue weighted by molar-refractivity contribution is 5.00. The molecule has 2 nitrogen and oxygen atoms in total. The molecule has 0 aromatic carbocycles. The summed E-state index contributed by atoms with van der Waals surface area (Å²) in [5.41, 5.74) is 0.778.